The van der Waals surface area contributed by atoms with Gasteiger partial charge in [-0.25, -0.2) is 9.67 Å². The van der Waals surface area contributed by atoms with Crippen molar-refractivity contribution in [2.45, 2.75) is 19.1 Å². The summed E-state index contributed by atoms with van der Waals surface area (Å²) in [4.78, 5) is 36.8. The predicted octanol–water partition coefficient (Wildman–Crippen LogP) is 3.76. The zero-order valence-corrected chi connectivity index (χ0v) is 29.7. The van der Waals surface area contributed by atoms with Crippen LogP contribution in [0.25, 0.3) is 5.69 Å². The normalized spacial score (nSPS) is 15.6. The number of methoxy groups -OCH3 is 1. The Balaban J connectivity index is 1.19. The lowest BCUT2D eigenvalue weighted by Gasteiger charge is -2.35. The van der Waals surface area contributed by atoms with Crippen molar-refractivity contribution in [1.29, 1.82) is 0 Å². The number of halogens is 3. The number of ether oxygens (including phenoxy) is 2. The summed E-state index contributed by atoms with van der Waals surface area (Å²) in [6.07, 6.45) is -2.67. The lowest BCUT2D eigenvalue weighted by atomic mass is 10.1. The summed E-state index contributed by atoms with van der Waals surface area (Å²) in [6.45, 7) is 7.48. The van der Waals surface area contributed by atoms with E-state index in [0.29, 0.717) is 50.0 Å². The number of likely N-dealkylation sites (N-methyl/N-ethyl adjacent to an activating group) is 1. The fraction of sp³-hybridized carbons (Fsp3) is 0.417. The molecular weight excluding hydrogens is 693 g/mol. The van der Waals surface area contributed by atoms with Gasteiger partial charge in [-0.15, -0.1) is 5.10 Å². The van der Waals surface area contributed by atoms with Gasteiger partial charge in [-0.1, -0.05) is 17.3 Å². The van der Waals surface area contributed by atoms with Gasteiger partial charge in [0.1, 0.15) is 11.6 Å². The standard InChI is InChI=1S/C36H43F3N10O4/c1-46-14-16-48(17-15-46)31-10-6-26(49-24-30(44-45-49)35(51)40-12-3-13-47-18-20-53-21-19-47)22-29(31)42-34(50)28-9-11-32(43-33(28)36(37,38)39)41-23-25-4-7-27(52-2)8-5-25/h4-11,22,24H,3,12-21,23H2,1-2H3,(H,40,51)(H,41,43)(H,42,50). The van der Waals surface area contributed by atoms with Gasteiger partial charge in [0.05, 0.1) is 49.1 Å². The van der Waals surface area contributed by atoms with Gasteiger partial charge in [-0.2, -0.15) is 13.2 Å². The van der Waals surface area contributed by atoms with Gasteiger partial charge in [0.25, 0.3) is 11.8 Å². The minimum Gasteiger partial charge on any atom is -0.497 e. The first kappa shape index (κ1) is 37.5. The second-order valence-electron chi connectivity index (χ2n) is 12.8. The molecule has 0 bridgehead atoms. The summed E-state index contributed by atoms with van der Waals surface area (Å²) in [5, 5.41) is 16.6. The first-order valence-electron chi connectivity index (χ1n) is 17.4. The molecule has 6 rings (SSSR count). The second-order valence-corrected chi connectivity index (χ2v) is 12.8. The SMILES string of the molecule is COc1ccc(CNc2ccc(C(=O)Nc3cc(-n4cc(C(=O)NCCCN5CCOCC5)nn4)ccc3N3CCN(C)CC3)c(C(F)(F)F)n2)cc1. The molecule has 2 aliphatic heterocycles. The number of morpholine rings is 1. The summed E-state index contributed by atoms with van der Waals surface area (Å²) in [6, 6.07) is 14.7. The van der Waals surface area contributed by atoms with Crippen LogP contribution in [0, 0.1) is 0 Å². The summed E-state index contributed by atoms with van der Waals surface area (Å²) in [7, 11) is 3.55. The van der Waals surface area contributed by atoms with Gasteiger partial charge in [-0.05, 0) is 68.0 Å². The molecule has 2 aromatic carbocycles. The van der Waals surface area contributed by atoms with Gasteiger partial charge in [0.2, 0.25) is 0 Å². The number of hydrogen-bond acceptors (Lipinski definition) is 11. The van der Waals surface area contributed by atoms with E-state index in [1.54, 1.807) is 49.6 Å². The largest absolute Gasteiger partial charge is 0.497 e. The Morgan fingerprint density at radius 1 is 0.943 bits per heavy atom. The topological polar surface area (TPSA) is 142 Å². The summed E-state index contributed by atoms with van der Waals surface area (Å²) in [5.74, 6) is -0.736. The van der Waals surface area contributed by atoms with Crippen molar-refractivity contribution in [3.63, 3.8) is 0 Å². The highest BCUT2D eigenvalue weighted by Gasteiger charge is 2.38. The average Bonchev–Trinajstić information content (AvgIpc) is 3.67. The number of aromatic nitrogens is 4. The number of nitrogens with zero attached hydrogens (tertiary/aromatic N) is 7. The summed E-state index contributed by atoms with van der Waals surface area (Å²) >= 11 is 0. The maximum Gasteiger partial charge on any atom is 0.434 e. The van der Waals surface area contributed by atoms with Gasteiger partial charge in [0.15, 0.2) is 11.4 Å². The first-order valence-corrected chi connectivity index (χ1v) is 17.4. The van der Waals surface area contributed by atoms with Gasteiger partial charge in [0, 0.05) is 52.4 Å². The van der Waals surface area contributed by atoms with E-state index in [-0.39, 0.29) is 29.7 Å². The molecule has 14 nitrogen and oxygen atoms in total. The van der Waals surface area contributed by atoms with Crippen molar-refractivity contribution in [2.75, 3.05) is 95.3 Å². The van der Waals surface area contributed by atoms with Crippen molar-refractivity contribution in [3.8, 4) is 11.4 Å². The number of alkyl halides is 3. The van der Waals surface area contributed by atoms with Gasteiger partial charge in [-0.3, -0.25) is 14.5 Å². The molecule has 282 valence electrons. The molecule has 4 aromatic rings. The smallest absolute Gasteiger partial charge is 0.434 e. The quantitative estimate of drug-likeness (QED) is 0.173. The fourth-order valence-corrected chi connectivity index (χ4v) is 6.09. The number of carbonyl (C=O) groups is 2. The molecule has 2 amide bonds. The fourth-order valence-electron chi connectivity index (χ4n) is 6.09. The van der Waals surface area contributed by atoms with E-state index in [9.17, 15) is 22.8 Å². The molecule has 2 saturated heterocycles. The molecule has 2 aromatic heterocycles. The van der Waals surface area contributed by atoms with Crippen LogP contribution < -0.4 is 25.6 Å². The lowest BCUT2D eigenvalue weighted by Crippen LogP contribution is -2.44. The van der Waals surface area contributed by atoms with Crippen LogP contribution in [-0.4, -0.2) is 121 Å². The van der Waals surface area contributed by atoms with Crippen LogP contribution in [0.5, 0.6) is 5.75 Å². The molecule has 0 saturated carbocycles. The molecule has 4 heterocycles. The molecule has 2 aliphatic rings. The Morgan fingerprint density at radius 3 is 2.42 bits per heavy atom. The van der Waals surface area contributed by atoms with Crippen LogP contribution in [0.3, 0.4) is 0 Å². The monoisotopic (exact) mass is 736 g/mol. The number of carbonyl (C=O) groups excluding carboxylic acids is 2. The van der Waals surface area contributed by atoms with Crippen molar-refractivity contribution in [1.82, 2.24) is 35.1 Å². The van der Waals surface area contributed by atoms with E-state index in [2.05, 4.69) is 45.9 Å². The minimum absolute atomic E-state index is 0.0343. The number of benzene rings is 2. The predicted molar refractivity (Wildman–Crippen MR) is 193 cm³/mol. The van der Waals surface area contributed by atoms with Crippen LogP contribution in [0.4, 0.5) is 30.4 Å². The number of amides is 2. The molecule has 2 fully saturated rings. The van der Waals surface area contributed by atoms with Crippen LogP contribution in [0.2, 0.25) is 0 Å². The molecule has 0 atom stereocenters. The number of piperazine rings is 1. The Morgan fingerprint density at radius 2 is 1.70 bits per heavy atom. The minimum atomic E-state index is -4.91. The van der Waals surface area contributed by atoms with Gasteiger partial charge < -0.3 is 35.2 Å². The maximum atomic E-state index is 14.4. The van der Waals surface area contributed by atoms with E-state index in [0.717, 1.165) is 50.8 Å². The van der Waals surface area contributed by atoms with Crippen molar-refractivity contribution < 1.29 is 32.2 Å². The molecule has 53 heavy (non-hydrogen) atoms. The Labute approximate surface area is 305 Å². The number of anilines is 3. The molecule has 0 spiro atoms. The zero-order chi connectivity index (χ0) is 37.4. The highest BCUT2D eigenvalue weighted by atomic mass is 19.4. The van der Waals surface area contributed by atoms with Crippen LogP contribution in [-0.2, 0) is 17.5 Å². The van der Waals surface area contributed by atoms with Crippen LogP contribution in [0.1, 0.15) is 38.5 Å². The average molecular weight is 737 g/mol. The number of pyridine rings is 1. The molecular formula is C36H43F3N10O4. The zero-order valence-electron chi connectivity index (χ0n) is 29.7. The van der Waals surface area contributed by atoms with Crippen LogP contribution >= 0.6 is 0 Å². The molecule has 0 radical (unpaired) electrons. The Kier molecular flexibility index (Phi) is 12.1. The molecule has 0 aliphatic carbocycles. The highest BCUT2D eigenvalue weighted by Crippen LogP contribution is 2.34. The summed E-state index contributed by atoms with van der Waals surface area (Å²) < 4.78 is 55.0. The highest BCUT2D eigenvalue weighted by molar-refractivity contribution is 6.07. The van der Waals surface area contributed by atoms with Crippen molar-refractivity contribution >= 4 is 29.0 Å². The maximum absolute atomic E-state index is 14.4. The third kappa shape index (κ3) is 9.79. The van der Waals surface area contributed by atoms with E-state index in [1.807, 2.05) is 7.05 Å². The van der Waals surface area contributed by atoms with E-state index in [1.165, 1.54) is 16.9 Å². The van der Waals surface area contributed by atoms with E-state index >= 15 is 0 Å². The second kappa shape index (κ2) is 17.0. The molecule has 17 heteroatoms. The Bertz CT molecular complexity index is 1860. The number of nitrogens with one attached hydrogen (secondary N) is 3. The number of rotatable bonds is 13. The van der Waals surface area contributed by atoms with E-state index < -0.39 is 23.3 Å². The van der Waals surface area contributed by atoms with Crippen molar-refractivity contribution in [2.24, 2.45) is 0 Å². The van der Waals surface area contributed by atoms with Crippen LogP contribution in [0.15, 0.2) is 60.8 Å². The third-order valence-corrected chi connectivity index (χ3v) is 9.14. The van der Waals surface area contributed by atoms with E-state index in [4.69, 9.17) is 9.47 Å². The number of hydrogen-bond donors (Lipinski definition) is 3. The molecule has 3 N–H and O–H groups in total. The first-order chi connectivity index (χ1) is 25.6. The molecule has 0 unspecified atom stereocenters. The van der Waals surface area contributed by atoms with Crippen molar-refractivity contribution in [3.05, 3.63) is 83.3 Å². The summed E-state index contributed by atoms with van der Waals surface area (Å²) in [5.41, 5.74) is 0.318. The van der Waals surface area contributed by atoms with Gasteiger partial charge >= 0.3 is 6.18 Å². The Hall–Kier alpha value is -5.26. The third-order valence-electron chi connectivity index (χ3n) is 9.14. The lowest BCUT2D eigenvalue weighted by molar-refractivity contribution is -0.141.